The molecule has 0 aromatic carbocycles. The maximum Gasteiger partial charge on any atom is 0.0773 e. The third-order valence-electron chi connectivity index (χ3n) is 2.13. The first-order valence-corrected chi connectivity index (χ1v) is 3.89. The topological polar surface area (TPSA) is 30.5 Å². The third-order valence-corrected chi connectivity index (χ3v) is 2.13. The van der Waals surface area contributed by atoms with Crippen LogP contribution >= 0.6 is 12.4 Å². The number of rotatable bonds is 0. The van der Waals surface area contributed by atoms with Crippen molar-refractivity contribution in [3.63, 3.8) is 0 Å². The van der Waals surface area contributed by atoms with Crippen molar-refractivity contribution in [2.45, 2.75) is 18.6 Å². The normalized spacial score (nSPS) is 37.1. The van der Waals surface area contributed by atoms with Crippen LogP contribution in [-0.4, -0.2) is 38.5 Å². The standard InChI is InChI=1S/C7H13NO2.ClH/c1-3-9-5-6-7(1)10-4-2-8-6;/h6-8H,1-5H2;1H/t6-,7-;/m1./s1. The van der Waals surface area contributed by atoms with E-state index >= 15 is 0 Å². The predicted molar refractivity (Wildman–Crippen MR) is 44.2 cm³/mol. The zero-order valence-corrected chi connectivity index (χ0v) is 7.23. The first-order chi connectivity index (χ1) is 4.97. The molecule has 0 amide bonds. The van der Waals surface area contributed by atoms with Crippen molar-refractivity contribution in [2.24, 2.45) is 0 Å². The van der Waals surface area contributed by atoms with Gasteiger partial charge in [-0.2, -0.15) is 0 Å². The Labute approximate surface area is 72.8 Å². The lowest BCUT2D eigenvalue weighted by Gasteiger charge is -2.35. The Morgan fingerprint density at radius 1 is 1.27 bits per heavy atom. The fourth-order valence-corrected chi connectivity index (χ4v) is 1.56. The Morgan fingerprint density at radius 3 is 3.00 bits per heavy atom. The monoisotopic (exact) mass is 179 g/mol. The van der Waals surface area contributed by atoms with E-state index in [1.54, 1.807) is 0 Å². The van der Waals surface area contributed by atoms with Gasteiger partial charge < -0.3 is 14.8 Å². The summed E-state index contributed by atoms with van der Waals surface area (Å²) >= 11 is 0. The van der Waals surface area contributed by atoms with Gasteiger partial charge in [0.1, 0.15) is 0 Å². The molecule has 2 aliphatic heterocycles. The summed E-state index contributed by atoms with van der Waals surface area (Å²) < 4.78 is 10.8. The Balaban J connectivity index is 0.000000605. The van der Waals surface area contributed by atoms with Crippen LogP contribution in [-0.2, 0) is 9.47 Å². The molecule has 2 heterocycles. The molecule has 2 saturated heterocycles. The van der Waals surface area contributed by atoms with E-state index in [1.165, 1.54) is 0 Å². The zero-order valence-electron chi connectivity index (χ0n) is 6.41. The minimum Gasteiger partial charge on any atom is -0.380 e. The van der Waals surface area contributed by atoms with Gasteiger partial charge >= 0.3 is 0 Å². The highest BCUT2D eigenvalue weighted by Gasteiger charge is 2.28. The van der Waals surface area contributed by atoms with Gasteiger partial charge in [0.2, 0.25) is 0 Å². The summed E-state index contributed by atoms with van der Waals surface area (Å²) in [7, 11) is 0. The minimum atomic E-state index is 0. The van der Waals surface area contributed by atoms with Crippen molar-refractivity contribution in [3.05, 3.63) is 0 Å². The number of ether oxygens (including phenoxy) is 2. The van der Waals surface area contributed by atoms with Crippen molar-refractivity contribution in [1.29, 1.82) is 0 Å². The molecular weight excluding hydrogens is 166 g/mol. The summed E-state index contributed by atoms with van der Waals surface area (Å²) in [6.07, 6.45) is 1.47. The maximum absolute atomic E-state index is 5.54. The van der Waals surface area contributed by atoms with E-state index in [4.69, 9.17) is 9.47 Å². The van der Waals surface area contributed by atoms with Crippen LogP contribution < -0.4 is 5.32 Å². The van der Waals surface area contributed by atoms with Crippen LogP contribution in [0.2, 0.25) is 0 Å². The van der Waals surface area contributed by atoms with Gasteiger partial charge in [-0.1, -0.05) is 0 Å². The summed E-state index contributed by atoms with van der Waals surface area (Å²) in [6.45, 7) is 3.53. The highest BCUT2D eigenvalue weighted by Crippen LogP contribution is 2.13. The quantitative estimate of drug-likeness (QED) is 0.576. The molecule has 0 aromatic rings. The lowest BCUT2D eigenvalue weighted by Crippen LogP contribution is -2.53. The molecule has 2 atom stereocenters. The fraction of sp³-hybridized carbons (Fsp3) is 1.00. The van der Waals surface area contributed by atoms with Gasteiger partial charge in [0.25, 0.3) is 0 Å². The van der Waals surface area contributed by atoms with Crippen LogP contribution in [0.5, 0.6) is 0 Å². The van der Waals surface area contributed by atoms with E-state index in [0.717, 1.165) is 32.8 Å². The molecule has 0 spiro atoms. The molecule has 0 radical (unpaired) electrons. The first kappa shape index (κ1) is 9.26. The number of hydrogen-bond acceptors (Lipinski definition) is 3. The molecule has 66 valence electrons. The molecule has 11 heavy (non-hydrogen) atoms. The lowest BCUT2D eigenvalue weighted by atomic mass is 10.1. The van der Waals surface area contributed by atoms with E-state index in [0.29, 0.717) is 12.1 Å². The van der Waals surface area contributed by atoms with Crippen LogP contribution in [0, 0.1) is 0 Å². The zero-order chi connectivity index (χ0) is 6.81. The highest BCUT2D eigenvalue weighted by atomic mass is 35.5. The fourth-order valence-electron chi connectivity index (χ4n) is 1.56. The van der Waals surface area contributed by atoms with Crippen LogP contribution in [0.1, 0.15) is 6.42 Å². The van der Waals surface area contributed by atoms with Gasteiger partial charge in [0.15, 0.2) is 0 Å². The first-order valence-electron chi connectivity index (χ1n) is 3.89. The second kappa shape index (κ2) is 4.26. The number of nitrogens with one attached hydrogen (secondary N) is 1. The Hall–Kier alpha value is 0.170. The SMILES string of the molecule is C1CO[C@@H]2CCOC[C@H]2N1.Cl. The molecular formula is C7H14ClNO2. The molecule has 0 saturated carbocycles. The van der Waals surface area contributed by atoms with Crippen molar-refractivity contribution >= 4 is 12.4 Å². The smallest absolute Gasteiger partial charge is 0.0773 e. The van der Waals surface area contributed by atoms with Crippen molar-refractivity contribution in [1.82, 2.24) is 5.32 Å². The predicted octanol–water partition coefficient (Wildman–Crippen LogP) is 0.185. The lowest BCUT2D eigenvalue weighted by molar-refractivity contribution is -0.0780. The molecule has 0 aliphatic carbocycles. The van der Waals surface area contributed by atoms with E-state index < -0.39 is 0 Å². The Kier molecular flexibility index (Phi) is 3.59. The van der Waals surface area contributed by atoms with Crippen molar-refractivity contribution in [2.75, 3.05) is 26.4 Å². The summed E-state index contributed by atoms with van der Waals surface area (Å²) in [6, 6.07) is 0.461. The Morgan fingerprint density at radius 2 is 2.18 bits per heavy atom. The second-order valence-corrected chi connectivity index (χ2v) is 2.83. The average molecular weight is 180 g/mol. The molecule has 2 aliphatic rings. The van der Waals surface area contributed by atoms with E-state index in [9.17, 15) is 0 Å². The highest BCUT2D eigenvalue weighted by molar-refractivity contribution is 5.85. The van der Waals surface area contributed by atoms with Gasteiger partial charge in [0, 0.05) is 13.2 Å². The largest absolute Gasteiger partial charge is 0.380 e. The molecule has 2 rings (SSSR count). The molecule has 3 nitrogen and oxygen atoms in total. The van der Waals surface area contributed by atoms with Gasteiger partial charge in [-0.25, -0.2) is 0 Å². The van der Waals surface area contributed by atoms with E-state index in [2.05, 4.69) is 5.32 Å². The number of hydrogen-bond donors (Lipinski definition) is 1. The third kappa shape index (κ3) is 2.06. The summed E-state index contributed by atoms with van der Waals surface area (Å²) in [5.41, 5.74) is 0. The molecule has 0 unspecified atom stereocenters. The second-order valence-electron chi connectivity index (χ2n) is 2.83. The van der Waals surface area contributed by atoms with Crippen LogP contribution in [0.3, 0.4) is 0 Å². The molecule has 4 heteroatoms. The van der Waals surface area contributed by atoms with E-state index in [-0.39, 0.29) is 12.4 Å². The summed E-state index contributed by atoms with van der Waals surface area (Å²) in [4.78, 5) is 0. The van der Waals surface area contributed by atoms with Gasteiger partial charge in [-0.05, 0) is 6.42 Å². The maximum atomic E-state index is 5.54. The molecule has 2 fully saturated rings. The number of fused-ring (bicyclic) bond motifs is 1. The van der Waals surface area contributed by atoms with Gasteiger partial charge in [-0.15, -0.1) is 12.4 Å². The molecule has 1 N–H and O–H groups in total. The summed E-state index contributed by atoms with van der Waals surface area (Å²) in [5.74, 6) is 0. The molecule has 0 bridgehead atoms. The van der Waals surface area contributed by atoms with E-state index in [1.807, 2.05) is 0 Å². The Bertz CT molecular complexity index is 97.0. The van der Waals surface area contributed by atoms with Crippen molar-refractivity contribution in [3.8, 4) is 0 Å². The summed E-state index contributed by atoms with van der Waals surface area (Å²) in [5, 5.41) is 3.37. The number of halogens is 1. The number of morpholine rings is 1. The van der Waals surface area contributed by atoms with Crippen molar-refractivity contribution < 1.29 is 9.47 Å². The average Bonchev–Trinajstić information content (AvgIpc) is 2.05. The minimum absolute atomic E-state index is 0. The van der Waals surface area contributed by atoms with Crippen LogP contribution in [0.25, 0.3) is 0 Å². The molecule has 0 aromatic heterocycles. The van der Waals surface area contributed by atoms with Gasteiger partial charge in [-0.3, -0.25) is 0 Å². The van der Waals surface area contributed by atoms with Crippen LogP contribution in [0.4, 0.5) is 0 Å². The van der Waals surface area contributed by atoms with Gasteiger partial charge in [0.05, 0.1) is 25.4 Å². The van der Waals surface area contributed by atoms with Crippen LogP contribution in [0.15, 0.2) is 0 Å².